The molecule has 5 heteroatoms. The second kappa shape index (κ2) is 5.55. The summed E-state index contributed by atoms with van der Waals surface area (Å²) in [4.78, 5) is 15.6. The van der Waals surface area contributed by atoms with Gasteiger partial charge in [0.05, 0.1) is 5.56 Å². The molecule has 0 bridgehead atoms. The highest BCUT2D eigenvalue weighted by Crippen LogP contribution is 2.32. The summed E-state index contributed by atoms with van der Waals surface area (Å²) in [6.07, 6.45) is 3.36. The molecular weight excluding hydrogens is 255 g/mol. The minimum absolute atomic E-state index is 0.0643. The maximum atomic E-state index is 12.8. The monoisotopic (exact) mass is 269 g/mol. The molecule has 0 saturated carbocycles. The molecule has 0 aromatic carbocycles. The average molecular weight is 269 g/mol. The summed E-state index contributed by atoms with van der Waals surface area (Å²) < 4.78 is 38.4. The van der Waals surface area contributed by atoms with E-state index in [1.165, 1.54) is 0 Å². The number of aromatic nitrogens is 1. The van der Waals surface area contributed by atoms with E-state index in [1.54, 1.807) is 0 Å². The van der Waals surface area contributed by atoms with Gasteiger partial charge in [-0.25, -0.2) is 0 Å². The van der Waals surface area contributed by atoms with Gasteiger partial charge in [-0.05, 0) is 31.7 Å². The van der Waals surface area contributed by atoms with Crippen molar-refractivity contribution in [3.8, 4) is 0 Å². The van der Waals surface area contributed by atoms with Crippen LogP contribution in [0.5, 0.6) is 0 Å². The molecule has 1 aromatic rings. The number of pyridine rings is 1. The molecule has 2 rings (SSSR count). The normalized spacial score (nSPS) is 16.1. The predicted octanol–water partition coefficient (Wildman–Crippen LogP) is 4.17. The highest BCUT2D eigenvalue weighted by molar-refractivity contribution is 5.98. The fraction of sp³-hybridized carbons (Fsp3) is 0.429. The lowest BCUT2D eigenvalue weighted by molar-refractivity contribution is -0.138. The third kappa shape index (κ3) is 3.43. The van der Waals surface area contributed by atoms with Gasteiger partial charge < -0.3 is 0 Å². The molecule has 0 amide bonds. The molecule has 0 unspecified atom stereocenters. The molecule has 0 atom stereocenters. The maximum Gasteiger partial charge on any atom is 0.417 e. The lowest BCUT2D eigenvalue weighted by Gasteiger charge is -2.14. The molecule has 102 valence electrons. The fourth-order valence-corrected chi connectivity index (χ4v) is 2.23. The summed E-state index contributed by atoms with van der Waals surface area (Å²) in [5, 5.41) is 0. The van der Waals surface area contributed by atoms with E-state index in [2.05, 4.69) is 4.98 Å². The Hall–Kier alpha value is -1.65. The SMILES string of the molecule is O=C(CC1=CCCCC1)c1cnccc1C(F)(F)F. The van der Waals surface area contributed by atoms with Crippen molar-refractivity contribution < 1.29 is 18.0 Å². The first-order valence-corrected chi connectivity index (χ1v) is 6.21. The second-order valence-corrected chi connectivity index (χ2v) is 4.63. The van der Waals surface area contributed by atoms with Gasteiger partial charge in [0.1, 0.15) is 0 Å². The average Bonchev–Trinajstić information content (AvgIpc) is 2.39. The maximum absolute atomic E-state index is 12.8. The molecule has 0 radical (unpaired) electrons. The molecule has 1 heterocycles. The van der Waals surface area contributed by atoms with E-state index in [1.807, 2.05) is 6.08 Å². The lowest BCUT2D eigenvalue weighted by atomic mass is 9.93. The van der Waals surface area contributed by atoms with Crippen LogP contribution in [0.25, 0.3) is 0 Å². The number of carbonyl (C=O) groups excluding carboxylic acids is 1. The van der Waals surface area contributed by atoms with Crippen LogP contribution in [0.4, 0.5) is 13.2 Å². The Labute approximate surface area is 109 Å². The summed E-state index contributed by atoms with van der Waals surface area (Å²) in [5.74, 6) is -0.506. The molecule has 1 aliphatic rings. The van der Waals surface area contributed by atoms with Gasteiger partial charge in [-0.15, -0.1) is 0 Å². The van der Waals surface area contributed by atoms with E-state index in [0.717, 1.165) is 49.7 Å². The van der Waals surface area contributed by atoms with E-state index in [-0.39, 0.29) is 12.0 Å². The highest BCUT2D eigenvalue weighted by atomic mass is 19.4. The summed E-state index contributed by atoms with van der Waals surface area (Å²) in [7, 11) is 0. The number of rotatable bonds is 3. The molecule has 0 spiro atoms. The minimum Gasteiger partial charge on any atom is -0.294 e. The van der Waals surface area contributed by atoms with Crippen LogP contribution < -0.4 is 0 Å². The number of hydrogen-bond acceptors (Lipinski definition) is 2. The van der Waals surface area contributed by atoms with E-state index in [9.17, 15) is 18.0 Å². The van der Waals surface area contributed by atoms with Crippen molar-refractivity contribution in [2.24, 2.45) is 0 Å². The highest BCUT2D eigenvalue weighted by Gasteiger charge is 2.35. The van der Waals surface area contributed by atoms with Crippen molar-refractivity contribution in [1.82, 2.24) is 4.98 Å². The Bertz CT molecular complexity index is 506. The zero-order valence-electron chi connectivity index (χ0n) is 10.3. The van der Waals surface area contributed by atoms with E-state index >= 15 is 0 Å². The summed E-state index contributed by atoms with van der Waals surface area (Å²) >= 11 is 0. The molecule has 1 aromatic heterocycles. The second-order valence-electron chi connectivity index (χ2n) is 4.63. The molecule has 19 heavy (non-hydrogen) atoms. The van der Waals surface area contributed by atoms with Crippen LogP contribution in [0, 0.1) is 0 Å². The molecule has 0 aliphatic heterocycles. The third-order valence-electron chi connectivity index (χ3n) is 3.20. The fourth-order valence-electron chi connectivity index (χ4n) is 2.23. The van der Waals surface area contributed by atoms with E-state index < -0.39 is 17.5 Å². The molecule has 1 aliphatic carbocycles. The van der Waals surface area contributed by atoms with Gasteiger partial charge in [0.25, 0.3) is 0 Å². The first-order chi connectivity index (χ1) is 8.98. The van der Waals surface area contributed by atoms with Crippen molar-refractivity contribution in [1.29, 1.82) is 0 Å². The summed E-state index contributed by atoms with van der Waals surface area (Å²) in [5.41, 5.74) is -0.293. The molecule has 0 N–H and O–H groups in total. The number of alkyl halides is 3. The van der Waals surface area contributed by atoms with Gasteiger partial charge in [-0.3, -0.25) is 9.78 Å². The largest absolute Gasteiger partial charge is 0.417 e. The van der Waals surface area contributed by atoms with Crippen LogP contribution in [-0.2, 0) is 6.18 Å². The molecule has 0 fully saturated rings. The molecule has 0 saturated heterocycles. The Balaban J connectivity index is 2.22. The Morgan fingerprint density at radius 3 is 2.74 bits per heavy atom. The van der Waals surface area contributed by atoms with Gasteiger partial charge in [-0.1, -0.05) is 11.6 Å². The minimum atomic E-state index is -4.52. The van der Waals surface area contributed by atoms with Gasteiger partial charge in [0.2, 0.25) is 0 Å². The number of ketones is 1. The Morgan fingerprint density at radius 2 is 2.11 bits per heavy atom. The number of nitrogens with zero attached hydrogens (tertiary/aromatic N) is 1. The summed E-state index contributed by atoms with van der Waals surface area (Å²) in [6.45, 7) is 0. The van der Waals surface area contributed by atoms with Crippen molar-refractivity contribution in [2.75, 3.05) is 0 Å². The zero-order valence-corrected chi connectivity index (χ0v) is 10.3. The standard InChI is InChI=1S/C14H14F3NO/c15-14(16,17)12-6-7-18-9-11(12)13(19)8-10-4-2-1-3-5-10/h4,6-7,9H,1-3,5,8H2. The van der Waals surface area contributed by atoms with Crippen LogP contribution in [0.15, 0.2) is 30.1 Å². The number of carbonyl (C=O) groups is 1. The van der Waals surface area contributed by atoms with Gasteiger partial charge in [-0.2, -0.15) is 13.2 Å². The van der Waals surface area contributed by atoms with Crippen LogP contribution >= 0.6 is 0 Å². The van der Waals surface area contributed by atoms with Crippen LogP contribution in [0.3, 0.4) is 0 Å². The Kier molecular flexibility index (Phi) is 4.02. The first kappa shape index (κ1) is 13.8. The quantitative estimate of drug-likeness (QED) is 0.608. The zero-order chi connectivity index (χ0) is 13.9. The number of Topliss-reactive ketones (excluding diaryl/α,β-unsaturated/α-hetero) is 1. The van der Waals surface area contributed by atoms with Gasteiger partial charge >= 0.3 is 6.18 Å². The molecular formula is C14H14F3NO. The Morgan fingerprint density at radius 1 is 1.32 bits per heavy atom. The lowest BCUT2D eigenvalue weighted by Crippen LogP contribution is -2.14. The van der Waals surface area contributed by atoms with Crippen molar-refractivity contribution in [3.63, 3.8) is 0 Å². The smallest absolute Gasteiger partial charge is 0.294 e. The van der Waals surface area contributed by atoms with Crippen molar-refractivity contribution in [3.05, 3.63) is 41.2 Å². The number of halogens is 3. The van der Waals surface area contributed by atoms with Crippen LogP contribution in [-0.4, -0.2) is 10.8 Å². The van der Waals surface area contributed by atoms with Crippen LogP contribution in [0.1, 0.15) is 48.0 Å². The van der Waals surface area contributed by atoms with Crippen molar-refractivity contribution in [2.45, 2.75) is 38.3 Å². The van der Waals surface area contributed by atoms with Gasteiger partial charge in [0.15, 0.2) is 5.78 Å². The van der Waals surface area contributed by atoms with Crippen molar-refractivity contribution >= 4 is 5.78 Å². The summed E-state index contributed by atoms with van der Waals surface area (Å²) in [6, 6.07) is 0.850. The third-order valence-corrected chi connectivity index (χ3v) is 3.20. The van der Waals surface area contributed by atoms with E-state index in [4.69, 9.17) is 0 Å². The number of hydrogen-bond donors (Lipinski definition) is 0. The topological polar surface area (TPSA) is 30.0 Å². The number of allylic oxidation sites excluding steroid dienone is 2. The molecule has 2 nitrogen and oxygen atoms in total. The van der Waals surface area contributed by atoms with Gasteiger partial charge in [0, 0.05) is 24.4 Å². The first-order valence-electron chi connectivity index (χ1n) is 6.21. The van der Waals surface area contributed by atoms with Crippen LogP contribution in [0.2, 0.25) is 0 Å². The predicted molar refractivity (Wildman–Crippen MR) is 64.7 cm³/mol. The van der Waals surface area contributed by atoms with E-state index in [0.29, 0.717) is 0 Å².